The average molecular weight is 150 g/mol. The summed E-state index contributed by atoms with van der Waals surface area (Å²) in [5, 5.41) is 0. The smallest absolute Gasteiger partial charge is 0.418 e. The van der Waals surface area contributed by atoms with Gasteiger partial charge in [0, 0.05) is 0 Å². The van der Waals surface area contributed by atoms with Gasteiger partial charge in [-0.2, -0.15) is 0 Å². The predicted molar refractivity (Wildman–Crippen MR) is 10.2 cm³/mol. The van der Waals surface area contributed by atoms with Crippen molar-refractivity contribution in [2.75, 3.05) is 0 Å². The second-order valence-corrected chi connectivity index (χ2v) is 0.495. The van der Waals surface area contributed by atoms with Crippen LogP contribution in [0, 0.1) is 0 Å². The van der Waals surface area contributed by atoms with Crippen molar-refractivity contribution in [1.29, 1.82) is 0 Å². The number of rotatable bonds is 0. The second kappa shape index (κ2) is 2.47. The summed E-state index contributed by atoms with van der Waals surface area (Å²) in [6.07, 6.45) is 0. The number of hydrogen-bond donors (Lipinski definition) is 0. The van der Waals surface area contributed by atoms with Crippen LogP contribution in [0.4, 0.5) is 17.3 Å². The van der Waals surface area contributed by atoms with Gasteiger partial charge in [-0.05, 0) is 0 Å². The Labute approximate surface area is 42.5 Å². The fourth-order valence-corrected chi connectivity index (χ4v) is 0. The molecule has 0 rings (SSSR count). The van der Waals surface area contributed by atoms with Crippen molar-refractivity contribution in [3.05, 3.63) is 0 Å². The first kappa shape index (κ1) is 9.57. The molecular weight excluding hydrogens is 150 g/mol. The minimum Gasteiger partial charge on any atom is -0.418 e. The molecule has 0 aromatic rings. The Balaban J connectivity index is 0. The van der Waals surface area contributed by atoms with E-state index < -0.39 is 7.25 Å². The van der Waals surface area contributed by atoms with E-state index in [0.29, 0.717) is 0 Å². The summed E-state index contributed by atoms with van der Waals surface area (Å²) in [7, 11) is -6.00. The van der Waals surface area contributed by atoms with Crippen LogP contribution in [-0.4, -0.2) is 7.25 Å². The van der Waals surface area contributed by atoms with Gasteiger partial charge in [0.1, 0.15) is 0 Å². The fraction of sp³-hybridized carbons (Fsp3) is 0. The predicted octanol–water partition coefficient (Wildman–Crippen LogP) is 1.30. The van der Waals surface area contributed by atoms with Crippen LogP contribution in [0.25, 0.3) is 0 Å². The van der Waals surface area contributed by atoms with Crippen LogP contribution in [0.2, 0.25) is 0 Å². The minimum absolute atomic E-state index is 0. The van der Waals surface area contributed by atoms with E-state index in [-0.39, 0.29) is 17.1 Å². The Kier molecular flexibility index (Phi) is 3.95. The number of halogens is 4. The van der Waals surface area contributed by atoms with Gasteiger partial charge in [0.25, 0.3) is 0 Å². The zero-order chi connectivity index (χ0) is 4.50. The standard InChI is InChI=1S/BF4.Cu/c2-1(3,4)5;/q-1;+1. The Hall–Kier alpha value is 0.304. The molecule has 0 aromatic heterocycles. The van der Waals surface area contributed by atoms with E-state index in [1.54, 1.807) is 0 Å². The summed E-state index contributed by atoms with van der Waals surface area (Å²) in [5.74, 6) is 0. The molecular formula is BCuF4. The van der Waals surface area contributed by atoms with Crippen LogP contribution in [-0.2, 0) is 17.1 Å². The maximum absolute atomic E-state index is 9.75. The van der Waals surface area contributed by atoms with Crippen LogP contribution >= 0.6 is 0 Å². The van der Waals surface area contributed by atoms with Gasteiger partial charge in [0.15, 0.2) is 0 Å². The molecule has 0 heterocycles. The summed E-state index contributed by atoms with van der Waals surface area (Å²) in [5.41, 5.74) is 0. The third-order valence-electron chi connectivity index (χ3n) is 0. The fourth-order valence-electron chi connectivity index (χ4n) is 0. The first-order chi connectivity index (χ1) is 2.00. The van der Waals surface area contributed by atoms with Crippen LogP contribution in [0.1, 0.15) is 0 Å². The molecule has 0 atom stereocenters. The largest absolute Gasteiger partial charge is 1.00 e. The molecule has 0 spiro atoms. The van der Waals surface area contributed by atoms with Gasteiger partial charge < -0.3 is 17.3 Å². The first-order valence-electron chi connectivity index (χ1n) is 0.873. The molecule has 0 nitrogen and oxygen atoms in total. The zero-order valence-electron chi connectivity index (χ0n) is 2.39. The van der Waals surface area contributed by atoms with Crippen LogP contribution in [0.5, 0.6) is 0 Å². The van der Waals surface area contributed by atoms with Gasteiger partial charge in [-0.25, -0.2) is 0 Å². The van der Waals surface area contributed by atoms with E-state index in [0.717, 1.165) is 0 Å². The Morgan fingerprint density at radius 1 is 0.833 bits per heavy atom. The van der Waals surface area contributed by atoms with E-state index >= 15 is 0 Å². The van der Waals surface area contributed by atoms with Crippen molar-refractivity contribution in [2.24, 2.45) is 0 Å². The third-order valence-corrected chi connectivity index (χ3v) is 0. The van der Waals surface area contributed by atoms with Crippen LogP contribution < -0.4 is 0 Å². The Bertz CT molecular complexity index is 23.0. The molecule has 0 aliphatic carbocycles. The molecule has 0 unspecified atom stereocenters. The molecule has 0 aromatic carbocycles. The minimum atomic E-state index is -6.00. The van der Waals surface area contributed by atoms with E-state index in [1.165, 1.54) is 0 Å². The first-order valence-corrected chi connectivity index (χ1v) is 0.873. The topological polar surface area (TPSA) is 0 Å². The summed E-state index contributed by atoms with van der Waals surface area (Å²) in [4.78, 5) is 0. The van der Waals surface area contributed by atoms with Crippen LogP contribution in [0.3, 0.4) is 0 Å². The van der Waals surface area contributed by atoms with Crippen molar-refractivity contribution in [2.45, 2.75) is 0 Å². The molecule has 6 heavy (non-hydrogen) atoms. The van der Waals surface area contributed by atoms with Gasteiger partial charge in [-0.3, -0.25) is 0 Å². The van der Waals surface area contributed by atoms with Crippen molar-refractivity contribution in [1.82, 2.24) is 0 Å². The molecule has 0 fully saturated rings. The molecule has 0 amide bonds. The zero-order valence-corrected chi connectivity index (χ0v) is 3.33. The van der Waals surface area contributed by atoms with Crippen LogP contribution in [0.15, 0.2) is 0 Å². The van der Waals surface area contributed by atoms with Gasteiger partial charge in [-0.15, -0.1) is 0 Å². The van der Waals surface area contributed by atoms with Gasteiger partial charge in [0.2, 0.25) is 0 Å². The number of hydrogen-bond acceptors (Lipinski definition) is 0. The molecule has 0 saturated carbocycles. The van der Waals surface area contributed by atoms with Gasteiger partial charge in [-0.1, -0.05) is 0 Å². The van der Waals surface area contributed by atoms with E-state index in [4.69, 9.17) is 0 Å². The molecule has 0 saturated heterocycles. The van der Waals surface area contributed by atoms with Gasteiger partial charge >= 0.3 is 24.3 Å². The summed E-state index contributed by atoms with van der Waals surface area (Å²) < 4.78 is 39.0. The van der Waals surface area contributed by atoms with E-state index in [2.05, 4.69) is 0 Å². The van der Waals surface area contributed by atoms with Crippen molar-refractivity contribution in [3.63, 3.8) is 0 Å². The molecule has 0 aliphatic heterocycles. The monoisotopic (exact) mass is 150 g/mol. The molecule has 0 bridgehead atoms. The van der Waals surface area contributed by atoms with Gasteiger partial charge in [0.05, 0.1) is 0 Å². The average Bonchev–Trinajstić information content (AvgIpc) is 0.722. The summed E-state index contributed by atoms with van der Waals surface area (Å²) >= 11 is 0. The Morgan fingerprint density at radius 2 is 0.833 bits per heavy atom. The molecule has 42 valence electrons. The maximum Gasteiger partial charge on any atom is 1.00 e. The second-order valence-electron chi connectivity index (χ2n) is 0.495. The SMILES string of the molecule is F[B-](F)(F)F.[Cu+]. The van der Waals surface area contributed by atoms with E-state index in [1.807, 2.05) is 0 Å². The van der Waals surface area contributed by atoms with E-state index in [9.17, 15) is 17.3 Å². The third kappa shape index (κ3) is 507. The normalized spacial score (nSPS) is 10.0. The Morgan fingerprint density at radius 3 is 0.833 bits per heavy atom. The molecule has 6 heteroatoms. The molecule has 0 radical (unpaired) electrons. The molecule has 0 N–H and O–H groups in total. The maximum atomic E-state index is 9.75. The van der Waals surface area contributed by atoms with Crippen molar-refractivity contribution >= 4 is 7.25 Å². The molecule has 0 aliphatic rings. The van der Waals surface area contributed by atoms with Crippen molar-refractivity contribution in [3.8, 4) is 0 Å². The summed E-state index contributed by atoms with van der Waals surface area (Å²) in [6, 6.07) is 0. The quantitative estimate of drug-likeness (QED) is 0.361. The summed E-state index contributed by atoms with van der Waals surface area (Å²) in [6.45, 7) is 0. The van der Waals surface area contributed by atoms with Crippen molar-refractivity contribution < 1.29 is 34.3 Å².